The van der Waals surface area contributed by atoms with Crippen LogP contribution in [0.15, 0.2) is 30.7 Å². The minimum atomic E-state index is -0.548. The van der Waals surface area contributed by atoms with Crippen LogP contribution in [0.5, 0.6) is 11.6 Å². The Morgan fingerprint density at radius 3 is 2.84 bits per heavy atom. The maximum atomic E-state index is 15.0. The molecule has 0 fully saturated rings. The van der Waals surface area contributed by atoms with Crippen LogP contribution in [0.1, 0.15) is 31.9 Å². The lowest BCUT2D eigenvalue weighted by Crippen LogP contribution is -2.38. The summed E-state index contributed by atoms with van der Waals surface area (Å²) in [4.78, 5) is 18.3. The summed E-state index contributed by atoms with van der Waals surface area (Å²) in [5, 5.41) is 6.03. The van der Waals surface area contributed by atoms with E-state index in [0.717, 1.165) is 0 Å². The van der Waals surface area contributed by atoms with Crippen molar-refractivity contribution in [2.75, 3.05) is 6.54 Å². The largest absolute Gasteiger partial charge is 0.433 e. The van der Waals surface area contributed by atoms with Gasteiger partial charge in [0.1, 0.15) is 0 Å². The second-order valence-corrected chi connectivity index (χ2v) is 5.89. The number of amides is 1. The average molecular weight is 367 g/mol. The molecule has 0 spiro atoms. The molecule has 1 heterocycles. The van der Waals surface area contributed by atoms with E-state index in [2.05, 4.69) is 20.6 Å². The van der Waals surface area contributed by atoms with E-state index in [1.54, 1.807) is 12.1 Å². The van der Waals surface area contributed by atoms with Gasteiger partial charge in [-0.05, 0) is 19.4 Å². The standard InChI is InChI=1S/C17H20ClFN4O2/c1-3-14(23-11(2)8-21-10-24)12-4-5-13(18)17(16(12)19)25-15-9-20-6-7-22-15/h4-7,9-11,14,23H,3,8H2,1-2H3,(H,21,24)/t11-,14+/m0/s1. The van der Waals surface area contributed by atoms with Gasteiger partial charge in [0, 0.05) is 36.6 Å². The molecule has 2 atom stereocenters. The van der Waals surface area contributed by atoms with Crippen LogP contribution in [0.2, 0.25) is 5.02 Å². The Labute approximate surface area is 150 Å². The number of hydrogen-bond acceptors (Lipinski definition) is 5. The van der Waals surface area contributed by atoms with E-state index in [9.17, 15) is 9.18 Å². The van der Waals surface area contributed by atoms with E-state index in [0.29, 0.717) is 24.9 Å². The molecular weight excluding hydrogens is 347 g/mol. The van der Waals surface area contributed by atoms with Crippen LogP contribution in [0.25, 0.3) is 0 Å². The number of carbonyl (C=O) groups excluding carboxylic acids is 1. The van der Waals surface area contributed by atoms with Crippen LogP contribution < -0.4 is 15.4 Å². The summed E-state index contributed by atoms with van der Waals surface area (Å²) in [5.41, 5.74) is 0.434. The number of hydrogen-bond donors (Lipinski definition) is 2. The van der Waals surface area contributed by atoms with Crippen LogP contribution in [0, 0.1) is 5.82 Å². The predicted molar refractivity (Wildman–Crippen MR) is 93.2 cm³/mol. The zero-order chi connectivity index (χ0) is 18.2. The fourth-order valence-corrected chi connectivity index (χ4v) is 2.59. The van der Waals surface area contributed by atoms with E-state index < -0.39 is 5.82 Å². The van der Waals surface area contributed by atoms with Gasteiger partial charge < -0.3 is 15.4 Å². The highest BCUT2D eigenvalue weighted by Crippen LogP contribution is 2.35. The van der Waals surface area contributed by atoms with Gasteiger partial charge in [-0.2, -0.15) is 0 Å². The number of carbonyl (C=O) groups is 1. The number of rotatable bonds is 9. The summed E-state index contributed by atoms with van der Waals surface area (Å²) in [6.07, 6.45) is 5.60. The van der Waals surface area contributed by atoms with Crippen LogP contribution >= 0.6 is 11.6 Å². The molecule has 0 aliphatic rings. The molecule has 134 valence electrons. The van der Waals surface area contributed by atoms with Gasteiger partial charge in [-0.15, -0.1) is 0 Å². The number of nitrogens with zero attached hydrogens (tertiary/aromatic N) is 2. The first-order valence-electron chi connectivity index (χ1n) is 7.91. The molecule has 2 aromatic rings. The summed E-state index contributed by atoms with van der Waals surface area (Å²) in [5.74, 6) is -0.475. The predicted octanol–water partition coefficient (Wildman–Crippen LogP) is 3.24. The third-order valence-corrected chi connectivity index (χ3v) is 3.90. The Morgan fingerprint density at radius 2 is 2.20 bits per heavy atom. The number of halogens is 2. The van der Waals surface area contributed by atoms with Crippen LogP contribution in [0.4, 0.5) is 4.39 Å². The molecule has 0 saturated carbocycles. The van der Waals surface area contributed by atoms with Gasteiger partial charge in [0.15, 0.2) is 11.6 Å². The molecule has 1 aromatic heterocycles. The van der Waals surface area contributed by atoms with Crippen molar-refractivity contribution in [2.24, 2.45) is 0 Å². The summed E-state index contributed by atoms with van der Waals surface area (Å²) in [6.45, 7) is 4.29. The lowest BCUT2D eigenvalue weighted by molar-refractivity contribution is -0.109. The van der Waals surface area contributed by atoms with Crippen molar-refractivity contribution in [1.29, 1.82) is 0 Å². The number of benzene rings is 1. The van der Waals surface area contributed by atoms with Crippen LogP contribution in [-0.2, 0) is 4.79 Å². The molecule has 0 radical (unpaired) electrons. The quantitative estimate of drug-likeness (QED) is 0.666. The Balaban J connectivity index is 2.25. The Morgan fingerprint density at radius 1 is 1.40 bits per heavy atom. The molecule has 0 saturated heterocycles. The van der Waals surface area contributed by atoms with Gasteiger partial charge in [-0.3, -0.25) is 9.78 Å². The van der Waals surface area contributed by atoms with Crippen molar-refractivity contribution in [3.8, 4) is 11.6 Å². The van der Waals surface area contributed by atoms with Crippen molar-refractivity contribution < 1.29 is 13.9 Å². The Bertz CT molecular complexity index is 703. The van der Waals surface area contributed by atoms with Gasteiger partial charge in [-0.1, -0.05) is 24.6 Å². The topological polar surface area (TPSA) is 76.1 Å². The second kappa shape index (κ2) is 9.29. The van der Waals surface area contributed by atoms with Crippen molar-refractivity contribution in [2.45, 2.75) is 32.4 Å². The molecule has 6 nitrogen and oxygen atoms in total. The smallest absolute Gasteiger partial charge is 0.238 e. The summed E-state index contributed by atoms with van der Waals surface area (Å²) >= 11 is 6.09. The molecule has 0 aliphatic carbocycles. The minimum absolute atomic E-state index is 0.0328. The lowest BCUT2D eigenvalue weighted by Gasteiger charge is -2.23. The second-order valence-electron chi connectivity index (χ2n) is 5.48. The summed E-state index contributed by atoms with van der Waals surface area (Å²) in [7, 11) is 0. The maximum absolute atomic E-state index is 15.0. The Hall–Kier alpha value is -2.25. The number of nitrogens with one attached hydrogen (secondary N) is 2. The van der Waals surface area contributed by atoms with Gasteiger partial charge in [0.05, 0.1) is 11.2 Å². The minimum Gasteiger partial charge on any atom is -0.433 e. The molecule has 1 amide bonds. The number of aromatic nitrogens is 2. The fourth-order valence-electron chi connectivity index (χ4n) is 2.41. The maximum Gasteiger partial charge on any atom is 0.238 e. The summed E-state index contributed by atoms with van der Waals surface area (Å²) in [6, 6.07) is 2.92. The van der Waals surface area contributed by atoms with Gasteiger partial charge in [-0.25, -0.2) is 9.37 Å². The molecule has 2 rings (SSSR count). The van der Waals surface area contributed by atoms with E-state index in [1.807, 2.05) is 13.8 Å². The van der Waals surface area contributed by atoms with Gasteiger partial charge >= 0.3 is 0 Å². The molecule has 8 heteroatoms. The van der Waals surface area contributed by atoms with E-state index in [-0.39, 0.29) is 28.7 Å². The van der Waals surface area contributed by atoms with Crippen molar-refractivity contribution >= 4 is 18.0 Å². The molecular formula is C17H20ClFN4O2. The van der Waals surface area contributed by atoms with Crippen LogP contribution in [0.3, 0.4) is 0 Å². The SMILES string of the molecule is CC[C@@H](N[C@@H](C)CNC=O)c1ccc(Cl)c(Oc2cnccn2)c1F. The molecule has 25 heavy (non-hydrogen) atoms. The monoisotopic (exact) mass is 366 g/mol. The zero-order valence-corrected chi connectivity index (χ0v) is 14.8. The normalized spacial score (nSPS) is 13.1. The van der Waals surface area contributed by atoms with E-state index >= 15 is 0 Å². The first-order chi connectivity index (χ1) is 12.1. The highest BCUT2D eigenvalue weighted by Gasteiger charge is 2.22. The third-order valence-electron chi connectivity index (χ3n) is 3.60. The fraction of sp³-hybridized carbons (Fsp3) is 0.353. The van der Waals surface area contributed by atoms with Crippen LogP contribution in [-0.4, -0.2) is 29.0 Å². The Kier molecular flexibility index (Phi) is 7.09. The lowest BCUT2D eigenvalue weighted by atomic mass is 10.0. The van der Waals surface area contributed by atoms with E-state index in [1.165, 1.54) is 18.6 Å². The van der Waals surface area contributed by atoms with Gasteiger partial charge in [0.2, 0.25) is 12.3 Å². The third kappa shape index (κ3) is 5.11. The molecule has 0 unspecified atom stereocenters. The number of ether oxygens (including phenoxy) is 1. The zero-order valence-electron chi connectivity index (χ0n) is 14.0. The van der Waals surface area contributed by atoms with E-state index in [4.69, 9.17) is 16.3 Å². The summed E-state index contributed by atoms with van der Waals surface area (Å²) < 4.78 is 20.5. The van der Waals surface area contributed by atoms with Crippen molar-refractivity contribution in [3.63, 3.8) is 0 Å². The van der Waals surface area contributed by atoms with Gasteiger partial charge in [0.25, 0.3) is 0 Å². The first kappa shape index (κ1) is 19.1. The van der Waals surface area contributed by atoms with Crippen molar-refractivity contribution in [3.05, 3.63) is 47.1 Å². The molecule has 0 bridgehead atoms. The molecule has 1 aromatic carbocycles. The highest BCUT2D eigenvalue weighted by molar-refractivity contribution is 6.32. The average Bonchev–Trinajstić information content (AvgIpc) is 2.63. The van der Waals surface area contributed by atoms with Crippen molar-refractivity contribution in [1.82, 2.24) is 20.6 Å². The molecule has 2 N–H and O–H groups in total. The highest BCUT2D eigenvalue weighted by atomic mass is 35.5. The molecule has 0 aliphatic heterocycles. The first-order valence-corrected chi connectivity index (χ1v) is 8.29.